The van der Waals surface area contributed by atoms with Crippen LogP contribution in [0.2, 0.25) is 0 Å². The van der Waals surface area contributed by atoms with Gasteiger partial charge in [0.05, 0.1) is 6.61 Å². The van der Waals surface area contributed by atoms with Crippen molar-refractivity contribution in [1.82, 2.24) is 18.7 Å². The number of ether oxygens (including phenoxy) is 1. The van der Waals surface area contributed by atoms with E-state index in [1.807, 2.05) is 26.0 Å². The monoisotopic (exact) mass is 408 g/mol. The van der Waals surface area contributed by atoms with Crippen LogP contribution in [-0.4, -0.2) is 37.0 Å². The van der Waals surface area contributed by atoms with Gasteiger partial charge < -0.3 is 9.84 Å². The van der Waals surface area contributed by atoms with Crippen LogP contribution < -0.4 is 16.0 Å². The minimum atomic E-state index is -0.423. The second kappa shape index (κ2) is 8.79. The lowest BCUT2D eigenvalue weighted by molar-refractivity contribution is 0.277. The average Bonchev–Trinajstić information content (AvgIpc) is 3.02. The Kier molecular flexibility index (Phi) is 6.41. The highest BCUT2D eigenvalue weighted by Gasteiger charge is 2.22. The first-order valence-corrected chi connectivity index (χ1v) is 9.91. The molecule has 1 aliphatic rings. The molecule has 1 N–H and O–H groups in total. The summed E-state index contributed by atoms with van der Waals surface area (Å²) in [7, 11) is 0. The number of aromatic nitrogens is 4. The summed E-state index contributed by atoms with van der Waals surface area (Å²) >= 11 is 6.05. The quantitative estimate of drug-likeness (QED) is 0.721. The van der Waals surface area contributed by atoms with E-state index in [9.17, 15) is 9.59 Å². The molecule has 1 aliphatic carbocycles. The first kappa shape index (κ1) is 20.4. The van der Waals surface area contributed by atoms with E-state index in [2.05, 4.69) is 4.98 Å². The zero-order chi connectivity index (χ0) is 20.3. The summed E-state index contributed by atoms with van der Waals surface area (Å²) in [6.45, 7) is 4.93. The molecule has 0 fully saturated rings. The summed E-state index contributed by atoms with van der Waals surface area (Å²) in [5.41, 5.74) is 0.921. The largest absolute Gasteiger partial charge is 0.465 e. The number of halogens is 1. The van der Waals surface area contributed by atoms with Gasteiger partial charge in [0.15, 0.2) is 11.2 Å². The van der Waals surface area contributed by atoms with Gasteiger partial charge in [-0.1, -0.05) is 17.7 Å². The van der Waals surface area contributed by atoms with E-state index < -0.39 is 11.2 Å². The lowest BCUT2D eigenvalue weighted by atomic mass is 10.1. The van der Waals surface area contributed by atoms with Gasteiger partial charge in [0.1, 0.15) is 0 Å². The van der Waals surface area contributed by atoms with Gasteiger partial charge >= 0.3 is 5.69 Å². The molecular formula is C19H25ClN4O4. The van der Waals surface area contributed by atoms with E-state index in [1.54, 1.807) is 4.57 Å². The zero-order valence-electron chi connectivity index (χ0n) is 16.2. The second-order valence-electron chi connectivity index (χ2n) is 6.58. The SMILES string of the molecule is CCOc1nc2c(c(=O)n(CCCO)c(=O)n2CC)n1CC1=CC=C(Cl)CC1. The van der Waals surface area contributed by atoms with Gasteiger partial charge in [-0.25, -0.2) is 4.79 Å². The molecular weight excluding hydrogens is 384 g/mol. The van der Waals surface area contributed by atoms with Crippen molar-refractivity contribution in [3.63, 3.8) is 0 Å². The Morgan fingerprint density at radius 2 is 1.96 bits per heavy atom. The summed E-state index contributed by atoms with van der Waals surface area (Å²) in [6, 6.07) is 0.317. The van der Waals surface area contributed by atoms with E-state index in [1.165, 1.54) is 9.13 Å². The maximum absolute atomic E-state index is 13.2. The second-order valence-corrected chi connectivity index (χ2v) is 7.07. The molecule has 152 valence electrons. The number of aryl methyl sites for hydroxylation is 1. The van der Waals surface area contributed by atoms with Crippen molar-refractivity contribution in [1.29, 1.82) is 0 Å². The number of fused-ring (bicyclic) bond motifs is 1. The first-order chi connectivity index (χ1) is 13.5. The minimum absolute atomic E-state index is 0.0977. The van der Waals surface area contributed by atoms with Crippen LogP contribution in [0.5, 0.6) is 6.01 Å². The van der Waals surface area contributed by atoms with Crippen molar-refractivity contribution < 1.29 is 9.84 Å². The van der Waals surface area contributed by atoms with Crippen molar-refractivity contribution in [2.24, 2.45) is 0 Å². The predicted molar refractivity (Wildman–Crippen MR) is 108 cm³/mol. The summed E-state index contributed by atoms with van der Waals surface area (Å²) in [5, 5.41) is 9.93. The molecule has 2 heterocycles. The van der Waals surface area contributed by atoms with Gasteiger partial charge in [0, 0.05) is 31.3 Å². The molecule has 0 unspecified atom stereocenters. The van der Waals surface area contributed by atoms with Crippen molar-refractivity contribution in [2.75, 3.05) is 13.2 Å². The summed E-state index contributed by atoms with van der Waals surface area (Å²) in [4.78, 5) is 30.4. The third-order valence-electron chi connectivity index (χ3n) is 4.75. The number of aliphatic hydroxyl groups is 1. The molecule has 8 nitrogen and oxygen atoms in total. The topological polar surface area (TPSA) is 91.3 Å². The molecule has 2 aromatic rings. The Labute approximate surface area is 167 Å². The number of imidazole rings is 1. The lowest BCUT2D eigenvalue weighted by Crippen LogP contribution is -2.40. The van der Waals surface area contributed by atoms with Crippen molar-refractivity contribution in [2.45, 2.75) is 52.7 Å². The summed E-state index contributed by atoms with van der Waals surface area (Å²) in [5.74, 6) is 0. The highest BCUT2D eigenvalue weighted by molar-refractivity contribution is 6.29. The molecule has 0 saturated carbocycles. The summed E-state index contributed by atoms with van der Waals surface area (Å²) in [6.07, 6.45) is 5.68. The third kappa shape index (κ3) is 3.79. The Balaban J connectivity index is 2.24. The molecule has 0 aromatic carbocycles. The van der Waals surface area contributed by atoms with Crippen LogP contribution in [0.1, 0.15) is 33.1 Å². The normalized spacial score (nSPS) is 14.3. The number of hydrogen-bond acceptors (Lipinski definition) is 5. The average molecular weight is 409 g/mol. The van der Waals surface area contributed by atoms with Crippen molar-refractivity contribution in [3.8, 4) is 6.01 Å². The Morgan fingerprint density at radius 1 is 1.18 bits per heavy atom. The number of hydrogen-bond donors (Lipinski definition) is 1. The molecule has 0 spiro atoms. The molecule has 0 saturated heterocycles. The molecule has 9 heteroatoms. The first-order valence-electron chi connectivity index (χ1n) is 9.53. The van der Waals surface area contributed by atoms with Crippen LogP contribution in [0.3, 0.4) is 0 Å². The van der Waals surface area contributed by atoms with E-state index in [0.717, 1.165) is 23.4 Å². The van der Waals surface area contributed by atoms with Gasteiger partial charge in [0.2, 0.25) is 0 Å². The van der Waals surface area contributed by atoms with Crippen LogP contribution >= 0.6 is 11.6 Å². The van der Waals surface area contributed by atoms with Crippen molar-refractivity contribution in [3.05, 3.63) is 43.6 Å². The maximum atomic E-state index is 13.2. The molecule has 0 atom stereocenters. The van der Waals surface area contributed by atoms with Gasteiger partial charge in [-0.3, -0.25) is 18.5 Å². The maximum Gasteiger partial charge on any atom is 0.332 e. The van der Waals surface area contributed by atoms with Gasteiger partial charge in [0.25, 0.3) is 11.6 Å². The van der Waals surface area contributed by atoms with Gasteiger partial charge in [-0.15, -0.1) is 0 Å². The fourth-order valence-electron chi connectivity index (χ4n) is 3.36. The highest BCUT2D eigenvalue weighted by atomic mass is 35.5. The molecule has 0 aliphatic heterocycles. The number of aliphatic hydroxyl groups excluding tert-OH is 1. The fraction of sp³-hybridized carbons (Fsp3) is 0.526. The number of rotatable bonds is 8. The standard InChI is InChI=1S/C19H25ClN4O4/c1-3-22-16-15(17(26)23(19(22)27)10-5-11-25)24(18(21-16)28-4-2)12-13-6-8-14(20)9-7-13/h6,8,25H,3-5,7,9-12H2,1-2H3. The number of allylic oxidation sites excluding steroid dienone is 4. The molecule has 0 radical (unpaired) electrons. The zero-order valence-corrected chi connectivity index (χ0v) is 16.9. The molecule has 28 heavy (non-hydrogen) atoms. The smallest absolute Gasteiger partial charge is 0.332 e. The Hall–Kier alpha value is -2.32. The van der Waals surface area contributed by atoms with Crippen LogP contribution in [-0.2, 0) is 19.6 Å². The Morgan fingerprint density at radius 3 is 2.57 bits per heavy atom. The van der Waals surface area contributed by atoms with Crippen LogP contribution in [0.4, 0.5) is 0 Å². The lowest BCUT2D eigenvalue weighted by Gasteiger charge is -2.15. The molecule has 3 rings (SSSR count). The number of nitrogens with zero attached hydrogens (tertiary/aromatic N) is 4. The van der Waals surface area contributed by atoms with Crippen LogP contribution in [0.15, 0.2) is 32.3 Å². The highest BCUT2D eigenvalue weighted by Crippen LogP contribution is 2.26. The third-order valence-corrected chi connectivity index (χ3v) is 5.07. The molecule has 0 bridgehead atoms. The van der Waals surface area contributed by atoms with Gasteiger partial charge in [-0.2, -0.15) is 4.98 Å². The summed E-state index contributed by atoms with van der Waals surface area (Å²) < 4.78 is 10.1. The predicted octanol–water partition coefficient (Wildman–Crippen LogP) is 2.00. The minimum Gasteiger partial charge on any atom is -0.465 e. The fourth-order valence-corrected chi connectivity index (χ4v) is 3.51. The van der Waals surface area contributed by atoms with E-state index >= 15 is 0 Å². The molecule has 2 aromatic heterocycles. The Bertz CT molecular complexity index is 1040. The van der Waals surface area contributed by atoms with E-state index in [-0.39, 0.29) is 13.2 Å². The van der Waals surface area contributed by atoms with Crippen molar-refractivity contribution >= 4 is 22.8 Å². The van der Waals surface area contributed by atoms with Crippen LogP contribution in [0.25, 0.3) is 11.2 Å². The van der Waals surface area contributed by atoms with Crippen LogP contribution in [0, 0.1) is 0 Å². The molecule has 0 amide bonds. The van der Waals surface area contributed by atoms with E-state index in [0.29, 0.717) is 43.3 Å². The van der Waals surface area contributed by atoms with Gasteiger partial charge in [-0.05, 0) is 44.8 Å². The van der Waals surface area contributed by atoms with E-state index in [4.69, 9.17) is 21.4 Å².